The highest BCUT2D eigenvalue weighted by Gasteiger charge is 2.06. The van der Waals surface area contributed by atoms with Gasteiger partial charge in [-0.2, -0.15) is 0 Å². The first-order chi connectivity index (χ1) is 5.77. The molecule has 0 amide bonds. The topological polar surface area (TPSA) is 56.3 Å². The van der Waals surface area contributed by atoms with Crippen molar-refractivity contribution in [3.05, 3.63) is 40.6 Å². The molecule has 0 aliphatic rings. The van der Waals surface area contributed by atoms with Crippen LogP contribution < -0.4 is 0 Å². The number of non-ortho nitro benzene ring substituents is 1. The Kier molecular flexibility index (Phi) is 1.33. The predicted octanol–water partition coefficient (Wildman–Crippen LogP) is 2.34. The lowest BCUT2D eigenvalue weighted by Gasteiger charge is -1.89. The molecule has 0 radical (unpaired) electrons. The highest BCUT2D eigenvalue weighted by atomic mass is 16.6. The fourth-order valence-corrected chi connectivity index (χ4v) is 1.06. The van der Waals surface area contributed by atoms with E-state index in [0.717, 1.165) is 5.39 Å². The first kappa shape index (κ1) is 6.84. The SMILES string of the molecule is O=[N+]([O-])c1ccc2ccoc2c1. The van der Waals surface area contributed by atoms with Gasteiger partial charge >= 0.3 is 0 Å². The molecule has 0 unspecified atom stereocenters. The van der Waals surface area contributed by atoms with Crippen LogP contribution in [-0.2, 0) is 0 Å². The van der Waals surface area contributed by atoms with Crippen LogP contribution in [0.5, 0.6) is 0 Å². The summed E-state index contributed by atoms with van der Waals surface area (Å²) in [5, 5.41) is 11.2. The van der Waals surface area contributed by atoms with Crippen LogP contribution in [0.2, 0.25) is 0 Å². The van der Waals surface area contributed by atoms with Gasteiger partial charge in [0, 0.05) is 11.5 Å². The third-order valence-electron chi connectivity index (χ3n) is 1.65. The second-order valence-corrected chi connectivity index (χ2v) is 2.40. The van der Waals surface area contributed by atoms with Crippen molar-refractivity contribution in [1.29, 1.82) is 0 Å². The van der Waals surface area contributed by atoms with Gasteiger partial charge in [-0.3, -0.25) is 10.1 Å². The van der Waals surface area contributed by atoms with Gasteiger partial charge in [-0.15, -0.1) is 0 Å². The van der Waals surface area contributed by atoms with Gasteiger partial charge in [0.25, 0.3) is 5.69 Å². The quantitative estimate of drug-likeness (QED) is 0.478. The van der Waals surface area contributed by atoms with Crippen LogP contribution in [0.1, 0.15) is 0 Å². The third-order valence-corrected chi connectivity index (χ3v) is 1.65. The van der Waals surface area contributed by atoms with Crippen LogP contribution in [-0.4, -0.2) is 4.92 Å². The summed E-state index contributed by atoms with van der Waals surface area (Å²) in [5.41, 5.74) is 0.599. The Morgan fingerprint density at radius 1 is 1.33 bits per heavy atom. The van der Waals surface area contributed by atoms with Crippen molar-refractivity contribution < 1.29 is 9.34 Å². The van der Waals surface area contributed by atoms with Crippen molar-refractivity contribution in [1.82, 2.24) is 0 Å². The van der Waals surface area contributed by atoms with Crippen LogP contribution in [0, 0.1) is 10.1 Å². The minimum atomic E-state index is -0.442. The van der Waals surface area contributed by atoms with Crippen LogP contribution in [0.25, 0.3) is 11.0 Å². The van der Waals surface area contributed by atoms with Gasteiger partial charge in [0.15, 0.2) is 0 Å². The number of rotatable bonds is 1. The molecule has 0 aliphatic carbocycles. The van der Waals surface area contributed by atoms with Crippen LogP contribution in [0.3, 0.4) is 0 Å². The fraction of sp³-hybridized carbons (Fsp3) is 0. The summed E-state index contributed by atoms with van der Waals surface area (Å²) in [6.07, 6.45) is 1.51. The summed E-state index contributed by atoms with van der Waals surface area (Å²) >= 11 is 0. The Hall–Kier alpha value is -1.84. The van der Waals surface area contributed by atoms with Crippen molar-refractivity contribution in [2.75, 3.05) is 0 Å². The summed E-state index contributed by atoms with van der Waals surface area (Å²) in [4.78, 5) is 9.89. The Morgan fingerprint density at radius 3 is 2.92 bits per heavy atom. The molecule has 4 nitrogen and oxygen atoms in total. The molecule has 4 heteroatoms. The molecule has 1 heterocycles. The van der Waals surface area contributed by atoms with Gasteiger partial charge in [0.05, 0.1) is 17.3 Å². The maximum atomic E-state index is 10.3. The maximum Gasteiger partial charge on any atom is 0.273 e. The molecule has 1 aromatic carbocycles. The van der Waals surface area contributed by atoms with Crippen LogP contribution in [0.15, 0.2) is 34.9 Å². The molecule has 0 saturated carbocycles. The van der Waals surface area contributed by atoms with E-state index in [9.17, 15) is 10.1 Å². The lowest BCUT2D eigenvalue weighted by Crippen LogP contribution is -1.85. The zero-order chi connectivity index (χ0) is 8.55. The molecular formula is C8H5NO3. The zero-order valence-electron chi connectivity index (χ0n) is 6.06. The number of nitro groups is 1. The number of nitro benzene ring substituents is 1. The molecular weight excluding hydrogens is 158 g/mol. The van der Waals surface area contributed by atoms with Crippen molar-refractivity contribution in [3.8, 4) is 0 Å². The lowest BCUT2D eigenvalue weighted by molar-refractivity contribution is -0.384. The van der Waals surface area contributed by atoms with E-state index >= 15 is 0 Å². The van der Waals surface area contributed by atoms with Crippen molar-refractivity contribution in [3.63, 3.8) is 0 Å². The second kappa shape index (κ2) is 2.34. The summed E-state index contributed by atoms with van der Waals surface area (Å²) in [7, 11) is 0. The molecule has 0 aliphatic heterocycles. The maximum absolute atomic E-state index is 10.3. The van der Waals surface area contributed by atoms with Crippen molar-refractivity contribution >= 4 is 16.7 Å². The van der Waals surface area contributed by atoms with E-state index in [4.69, 9.17) is 4.42 Å². The number of hydrogen-bond donors (Lipinski definition) is 0. The number of benzene rings is 1. The van der Waals surface area contributed by atoms with E-state index in [-0.39, 0.29) is 5.69 Å². The Bertz CT molecular complexity index is 433. The molecule has 0 spiro atoms. The van der Waals surface area contributed by atoms with Crippen LogP contribution in [0.4, 0.5) is 5.69 Å². The zero-order valence-corrected chi connectivity index (χ0v) is 6.06. The van der Waals surface area contributed by atoms with Gasteiger partial charge in [-0.05, 0) is 12.1 Å². The Morgan fingerprint density at radius 2 is 2.17 bits per heavy atom. The Balaban J connectivity index is 2.68. The van der Waals surface area contributed by atoms with Gasteiger partial charge < -0.3 is 4.42 Å². The molecule has 0 saturated heterocycles. The normalized spacial score (nSPS) is 10.3. The summed E-state index contributed by atoms with van der Waals surface area (Å²) in [5.74, 6) is 0. The summed E-state index contributed by atoms with van der Waals surface area (Å²) < 4.78 is 5.00. The van der Waals surface area contributed by atoms with Crippen molar-refractivity contribution in [2.24, 2.45) is 0 Å². The lowest BCUT2D eigenvalue weighted by atomic mass is 10.2. The summed E-state index contributed by atoms with van der Waals surface area (Å²) in [6, 6.07) is 6.29. The number of nitrogens with zero attached hydrogens (tertiary/aromatic N) is 1. The highest BCUT2D eigenvalue weighted by molar-refractivity contribution is 5.79. The third kappa shape index (κ3) is 0.934. The van der Waals surface area contributed by atoms with E-state index in [1.807, 2.05) is 0 Å². The van der Waals surface area contributed by atoms with Gasteiger partial charge in [0.1, 0.15) is 5.58 Å². The monoisotopic (exact) mass is 163 g/mol. The molecule has 2 rings (SSSR count). The Labute approximate surface area is 67.6 Å². The standard InChI is InChI=1S/C8H5NO3/c10-9(11)7-2-1-6-3-4-12-8(6)5-7/h1-5H. The molecule has 1 aromatic heterocycles. The van der Waals surface area contributed by atoms with E-state index in [0.29, 0.717) is 5.58 Å². The molecule has 12 heavy (non-hydrogen) atoms. The fourth-order valence-electron chi connectivity index (χ4n) is 1.06. The minimum Gasteiger partial charge on any atom is -0.464 e. The summed E-state index contributed by atoms with van der Waals surface area (Å²) in [6.45, 7) is 0. The second-order valence-electron chi connectivity index (χ2n) is 2.40. The van der Waals surface area contributed by atoms with Gasteiger partial charge in [-0.25, -0.2) is 0 Å². The molecule has 2 aromatic rings. The average Bonchev–Trinajstić information content (AvgIpc) is 2.49. The van der Waals surface area contributed by atoms with E-state index in [1.54, 1.807) is 12.1 Å². The molecule has 60 valence electrons. The molecule has 0 fully saturated rings. The van der Waals surface area contributed by atoms with Crippen molar-refractivity contribution in [2.45, 2.75) is 0 Å². The predicted molar refractivity (Wildman–Crippen MR) is 42.9 cm³/mol. The number of fused-ring (bicyclic) bond motifs is 1. The largest absolute Gasteiger partial charge is 0.464 e. The number of furan rings is 1. The van der Waals surface area contributed by atoms with E-state index in [2.05, 4.69) is 0 Å². The first-order valence-corrected chi connectivity index (χ1v) is 3.39. The molecule has 0 bridgehead atoms. The molecule has 0 atom stereocenters. The minimum absolute atomic E-state index is 0.0532. The van der Waals surface area contributed by atoms with Gasteiger partial charge in [0.2, 0.25) is 0 Å². The molecule has 0 N–H and O–H groups in total. The highest BCUT2D eigenvalue weighted by Crippen LogP contribution is 2.20. The van der Waals surface area contributed by atoms with Crippen LogP contribution >= 0.6 is 0 Å². The average molecular weight is 163 g/mol. The smallest absolute Gasteiger partial charge is 0.273 e. The van der Waals surface area contributed by atoms with E-state index < -0.39 is 4.92 Å². The number of hydrogen-bond acceptors (Lipinski definition) is 3. The van der Waals surface area contributed by atoms with E-state index in [1.165, 1.54) is 18.4 Å². The first-order valence-electron chi connectivity index (χ1n) is 3.39. The van der Waals surface area contributed by atoms with Gasteiger partial charge in [-0.1, -0.05) is 0 Å².